The minimum atomic E-state index is 0. The maximum absolute atomic E-state index is 8.25. The van der Waals surface area contributed by atoms with Gasteiger partial charge in [-0.15, -0.1) is 35.7 Å². The molecule has 0 saturated carbocycles. The third-order valence-electron chi connectivity index (χ3n) is 7.82. The average Bonchev–Trinajstić information content (AvgIpc) is 3.49. The van der Waals surface area contributed by atoms with Crippen LogP contribution in [0.2, 0.25) is 0 Å². The fourth-order valence-electron chi connectivity index (χ4n) is 6.07. The Morgan fingerprint density at radius 3 is 2.42 bits per heavy atom. The SMILES string of the molecule is [2H]c1ccnc(-n2c3[c-]c(Oc4[c-]c(-n5nc(C)c(-c6ccccc6)c5C)ccc4)ccc3c3cc(CC(C)(C)C)ccc32)c1.[Pt+2]. The summed E-state index contributed by atoms with van der Waals surface area (Å²) in [5.74, 6) is 1.81. The van der Waals surface area contributed by atoms with Crippen LogP contribution in [0, 0.1) is 31.4 Å². The van der Waals surface area contributed by atoms with Crippen molar-refractivity contribution in [3.8, 4) is 34.1 Å². The molecule has 7 aromatic rings. The summed E-state index contributed by atoms with van der Waals surface area (Å²) >= 11 is 0. The van der Waals surface area contributed by atoms with E-state index in [4.69, 9.17) is 11.2 Å². The van der Waals surface area contributed by atoms with E-state index in [0.717, 1.165) is 56.4 Å². The molecule has 226 valence electrons. The summed E-state index contributed by atoms with van der Waals surface area (Å²) in [6.45, 7) is 10.9. The molecule has 0 aliphatic rings. The minimum absolute atomic E-state index is 0. The van der Waals surface area contributed by atoms with Crippen LogP contribution in [0.15, 0.2) is 103 Å². The Balaban J connectivity index is 0.00000372. The van der Waals surface area contributed by atoms with E-state index in [9.17, 15) is 0 Å². The second-order valence-corrected chi connectivity index (χ2v) is 12.4. The molecular weight excluding hydrogens is 736 g/mol. The van der Waals surface area contributed by atoms with Gasteiger partial charge in [0.05, 0.1) is 7.06 Å². The quantitative estimate of drug-likeness (QED) is 0.158. The van der Waals surface area contributed by atoms with E-state index in [1.165, 1.54) is 5.56 Å². The van der Waals surface area contributed by atoms with E-state index in [0.29, 0.717) is 23.4 Å². The zero-order valence-corrected chi connectivity index (χ0v) is 28.2. The van der Waals surface area contributed by atoms with Gasteiger partial charge in [-0.05, 0) is 66.1 Å². The fraction of sp³-hybridized carbons (Fsp3) is 0.179. The molecule has 0 spiro atoms. The van der Waals surface area contributed by atoms with Crippen molar-refractivity contribution in [1.29, 1.82) is 0 Å². The van der Waals surface area contributed by atoms with Gasteiger partial charge in [0.25, 0.3) is 0 Å². The van der Waals surface area contributed by atoms with Gasteiger partial charge in [0.1, 0.15) is 5.82 Å². The zero-order chi connectivity index (χ0) is 31.3. The summed E-state index contributed by atoms with van der Waals surface area (Å²) in [6, 6.07) is 37.6. The Morgan fingerprint density at radius 2 is 1.64 bits per heavy atom. The van der Waals surface area contributed by atoms with E-state index in [1.54, 1.807) is 18.3 Å². The largest absolute Gasteiger partial charge is 2.00 e. The Bertz CT molecular complexity index is 2190. The molecule has 4 aromatic carbocycles. The van der Waals surface area contributed by atoms with Crippen LogP contribution in [0.3, 0.4) is 0 Å². The van der Waals surface area contributed by atoms with E-state index >= 15 is 0 Å². The van der Waals surface area contributed by atoms with Crippen LogP contribution < -0.4 is 4.74 Å². The molecule has 7 rings (SSSR count). The van der Waals surface area contributed by atoms with E-state index < -0.39 is 0 Å². The number of fused-ring (bicyclic) bond motifs is 3. The van der Waals surface area contributed by atoms with Crippen molar-refractivity contribution >= 4 is 21.8 Å². The van der Waals surface area contributed by atoms with Gasteiger partial charge in [0, 0.05) is 34.5 Å². The number of hydrogen-bond donors (Lipinski definition) is 0. The zero-order valence-electron chi connectivity index (χ0n) is 27.0. The van der Waals surface area contributed by atoms with Gasteiger partial charge < -0.3 is 9.30 Å². The molecule has 0 aliphatic heterocycles. The van der Waals surface area contributed by atoms with Crippen LogP contribution in [0.5, 0.6) is 11.5 Å². The fourth-order valence-corrected chi connectivity index (χ4v) is 6.07. The van der Waals surface area contributed by atoms with Crippen molar-refractivity contribution in [3.63, 3.8) is 0 Å². The van der Waals surface area contributed by atoms with Crippen molar-refractivity contribution in [2.24, 2.45) is 5.41 Å². The first kappa shape index (κ1) is 29.3. The molecular formula is C39H34N4OPt. The summed E-state index contributed by atoms with van der Waals surface area (Å²) in [5, 5.41) is 7.03. The number of benzene rings is 4. The first-order valence-electron chi connectivity index (χ1n) is 15.4. The number of pyridine rings is 1. The summed E-state index contributed by atoms with van der Waals surface area (Å²) in [7, 11) is 0. The molecule has 0 amide bonds. The maximum Gasteiger partial charge on any atom is 2.00 e. The molecule has 5 nitrogen and oxygen atoms in total. The molecule has 45 heavy (non-hydrogen) atoms. The van der Waals surface area contributed by atoms with Gasteiger partial charge in [-0.1, -0.05) is 74.8 Å². The summed E-state index contributed by atoms with van der Waals surface area (Å²) in [6.07, 6.45) is 2.64. The molecule has 0 unspecified atom stereocenters. The number of aromatic nitrogens is 4. The standard InChI is InChI=1S/C39H34N4O.Pt/c1-26-38(29-12-7-6-8-13-29)27(2)43(41-26)30-14-11-15-31(23-30)44-32-18-19-33-34-22-28(25-39(3,4)5)17-20-35(34)42(36(33)24-32)37-16-9-10-21-40-37;/h6-22H,25H2,1-5H3;/q-2;+2/i9D;. The van der Waals surface area contributed by atoms with Crippen LogP contribution in [-0.4, -0.2) is 19.3 Å². The Hall–Kier alpha value is -4.47. The molecule has 0 bridgehead atoms. The second kappa shape index (κ2) is 12.1. The predicted molar refractivity (Wildman–Crippen MR) is 178 cm³/mol. The van der Waals surface area contributed by atoms with Gasteiger partial charge in [-0.3, -0.25) is 4.68 Å². The van der Waals surface area contributed by atoms with Crippen molar-refractivity contribution in [3.05, 3.63) is 132 Å². The molecule has 0 aliphatic carbocycles. The molecule has 0 N–H and O–H groups in total. The topological polar surface area (TPSA) is 44.9 Å². The Kier molecular flexibility index (Phi) is 7.89. The monoisotopic (exact) mass is 770 g/mol. The van der Waals surface area contributed by atoms with E-state index in [1.807, 2.05) is 54.1 Å². The minimum Gasteiger partial charge on any atom is -0.509 e. The van der Waals surface area contributed by atoms with Crippen LogP contribution in [0.25, 0.3) is 44.4 Å². The number of aryl methyl sites for hydroxylation is 1. The third kappa shape index (κ3) is 5.97. The van der Waals surface area contributed by atoms with Crippen molar-refractivity contribution < 1.29 is 27.2 Å². The molecule has 6 heteroatoms. The van der Waals surface area contributed by atoms with E-state index in [-0.39, 0.29) is 26.5 Å². The number of ether oxygens (including phenoxy) is 1. The van der Waals surface area contributed by atoms with Crippen molar-refractivity contribution in [2.45, 2.75) is 41.0 Å². The molecule has 0 atom stereocenters. The van der Waals surface area contributed by atoms with Gasteiger partial charge in [-0.2, -0.15) is 17.2 Å². The number of rotatable bonds is 6. The smallest absolute Gasteiger partial charge is 0.509 e. The number of hydrogen-bond acceptors (Lipinski definition) is 3. The average molecular weight is 771 g/mol. The summed E-state index contributed by atoms with van der Waals surface area (Å²) < 4.78 is 18.6. The van der Waals surface area contributed by atoms with Gasteiger partial charge >= 0.3 is 21.1 Å². The van der Waals surface area contributed by atoms with Crippen LogP contribution in [-0.2, 0) is 27.5 Å². The van der Waals surface area contributed by atoms with Crippen LogP contribution >= 0.6 is 0 Å². The first-order chi connectivity index (χ1) is 21.6. The van der Waals surface area contributed by atoms with Crippen molar-refractivity contribution in [1.82, 2.24) is 19.3 Å². The van der Waals surface area contributed by atoms with Crippen LogP contribution in [0.4, 0.5) is 0 Å². The van der Waals surface area contributed by atoms with E-state index in [2.05, 4.69) is 85.8 Å². The molecule has 3 heterocycles. The summed E-state index contributed by atoms with van der Waals surface area (Å²) in [5.41, 5.74) is 8.37. The number of nitrogens with zero attached hydrogens (tertiary/aromatic N) is 4. The second-order valence-electron chi connectivity index (χ2n) is 12.4. The molecule has 0 saturated heterocycles. The molecule has 3 aromatic heterocycles. The Morgan fingerprint density at radius 1 is 0.844 bits per heavy atom. The maximum atomic E-state index is 8.25. The Labute approximate surface area is 280 Å². The van der Waals surface area contributed by atoms with Crippen molar-refractivity contribution in [2.75, 3.05) is 0 Å². The molecule has 0 radical (unpaired) electrons. The van der Waals surface area contributed by atoms with Gasteiger partial charge in [-0.25, -0.2) is 4.98 Å². The normalized spacial score (nSPS) is 11.9. The third-order valence-corrected chi connectivity index (χ3v) is 7.82. The first-order valence-corrected chi connectivity index (χ1v) is 14.9. The predicted octanol–water partition coefficient (Wildman–Crippen LogP) is 9.63. The summed E-state index contributed by atoms with van der Waals surface area (Å²) in [4.78, 5) is 4.63. The molecule has 0 fully saturated rings. The van der Waals surface area contributed by atoms with Crippen LogP contribution in [0.1, 0.15) is 39.1 Å². The van der Waals surface area contributed by atoms with Gasteiger partial charge in [0.15, 0.2) is 0 Å². The van der Waals surface area contributed by atoms with Gasteiger partial charge in [0.2, 0.25) is 0 Å².